The molecule has 0 spiro atoms. The Morgan fingerprint density at radius 3 is 2.72 bits per heavy atom. The third kappa shape index (κ3) is 2.15. The lowest BCUT2D eigenvalue weighted by molar-refractivity contribution is -0.140. The molecule has 0 saturated carbocycles. The summed E-state index contributed by atoms with van der Waals surface area (Å²) in [5, 5.41) is 1.67. The van der Waals surface area contributed by atoms with Crippen molar-refractivity contribution in [2.45, 2.75) is 6.18 Å². The smallest absolute Gasteiger partial charge is 0.433 e. The van der Waals surface area contributed by atoms with Gasteiger partial charge in [0, 0.05) is 10.8 Å². The Kier molecular flexibility index (Phi) is 3.20. The molecule has 2 aromatic rings. The highest BCUT2D eigenvalue weighted by Gasteiger charge is 2.34. The van der Waals surface area contributed by atoms with Crippen LogP contribution < -0.4 is 0 Å². The van der Waals surface area contributed by atoms with Gasteiger partial charge in [-0.15, -0.1) is 11.3 Å². The van der Waals surface area contributed by atoms with E-state index in [4.69, 9.17) is 11.6 Å². The number of carbonyl (C=O) groups is 1. The van der Waals surface area contributed by atoms with E-state index in [-0.39, 0.29) is 15.4 Å². The SMILES string of the molecule is COC(=O)c1scc2c(Cl)cc(C(F)(F)F)nc12. The van der Waals surface area contributed by atoms with Crippen LogP contribution in [0.15, 0.2) is 11.4 Å². The van der Waals surface area contributed by atoms with Crippen LogP contribution in [0.5, 0.6) is 0 Å². The van der Waals surface area contributed by atoms with Gasteiger partial charge in [-0.3, -0.25) is 0 Å². The van der Waals surface area contributed by atoms with Gasteiger partial charge in [0.05, 0.1) is 17.6 Å². The van der Waals surface area contributed by atoms with Crippen molar-refractivity contribution < 1.29 is 22.7 Å². The molecule has 0 aliphatic carbocycles. The largest absolute Gasteiger partial charge is 0.465 e. The van der Waals surface area contributed by atoms with E-state index >= 15 is 0 Å². The number of methoxy groups -OCH3 is 1. The Hall–Kier alpha value is -1.34. The lowest BCUT2D eigenvalue weighted by atomic mass is 10.2. The summed E-state index contributed by atoms with van der Waals surface area (Å²) in [5.74, 6) is -0.738. The van der Waals surface area contributed by atoms with Gasteiger partial charge in [0.1, 0.15) is 10.6 Å². The molecular weight excluding hydrogens is 291 g/mol. The summed E-state index contributed by atoms with van der Waals surface area (Å²) in [6.07, 6.45) is -4.62. The Morgan fingerprint density at radius 2 is 2.17 bits per heavy atom. The molecule has 2 rings (SSSR count). The molecule has 0 amide bonds. The number of ether oxygens (including phenoxy) is 1. The first-order valence-electron chi connectivity index (χ1n) is 4.58. The Labute approximate surface area is 108 Å². The maximum atomic E-state index is 12.6. The monoisotopic (exact) mass is 295 g/mol. The van der Waals surface area contributed by atoms with Gasteiger partial charge in [-0.2, -0.15) is 13.2 Å². The molecule has 0 aromatic carbocycles. The number of thiophene rings is 1. The zero-order valence-electron chi connectivity index (χ0n) is 8.84. The number of fused-ring (bicyclic) bond motifs is 1. The van der Waals surface area contributed by atoms with Gasteiger partial charge in [-0.05, 0) is 6.07 Å². The zero-order chi connectivity index (χ0) is 13.5. The molecule has 0 atom stereocenters. The summed E-state index contributed by atoms with van der Waals surface area (Å²) in [5.41, 5.74) is -1.23. The van der Waals surface area contributed by atoms with Crippen LogP contribution in [0.1, 0.15) is 15.4 Å². The predicted octanol–water partition coefficient (Wildman–Crippen LogP) is 3.76. The fraction of sp³-hybridized carbons (Fsp3) is 0.200. The summed E-state index contributed by atoms with van der Waals surface area (Å²) in [6.45, 7) is 0. The normalized spacial score (nSPS) is 11.8. The Morgan fingerprint density at radius 1 is 1.50 bits per heavy atom. The molecule has 0 aliphatic rings. The second-order valence-corrected chi connectivity index (χ2v) is 4.59. The van der Waals surface area contributed by atoms with Crippen LogP contribution in [0.2, 0.25) is 5.02 Å². The first-order chi connectivity index (χ1) is 8.34. The predicted molar refractivity (Wildman–Crippen MR) is 61.0 cm³/mol. The summed E-state index contributed by atoms with van der Waals surface area (Å²) >= 11 is 6.68. The van der Waals surface area contributed by atoms with Gasteiger partial charge < -0.3 is 4.74 Å². The minimum absolute atomic E-state index is 0.000463. The molecule has 0 fully saturated rings. The zero-order valence-corrected chi connectivity index (χ0v) is 10.4. The number of esters is 1. The minimum atomic E-state index is -4.62. The van der Waals surface area contributed by atoms with Crippen LogP contribution in [0.25, 0.3) is 10.9 Å². The fourth-order valence-corrected chi connectivity index (χ4v) is 2.60. The van der Waals surface area contributed by atoms with Crippen molar-refractivity contribution in [3.63, 3.8) is 0 Å². The quantitative estimate of drug-likeness (QED) is 0.752. The number of nitrogens with zero attached hydrogens (tertiary/aromatic N) is 1. The van der Waals surface area contributed by atoms with E-state index in [1.807, 2.05) is 0 Å². The van der Waals surface area contributed by atoms with E-state index in [2.05, 4.69) is 9.72 Å². The topological polar surface area (TPSA) is 39.2 Å². The molecule has 18 heavy (non-hydrogen) atoms. The Bertz CT molecular complexity index is 623. The van der Waals surface area contributed by atoms with Crippen LogP contribution in [-0.2, 0) is 10.9 Å². The molecule has 3 nitrogen and oxygen atoms in total. The van der Waals surface area contributed by atoms with Gasteiger partial charge in [0.2, 0.25) is 0 Å². The van der Waals surface area contributed by atoms with Crippen LogP contribution in [0.4, 0.5) is 13.2 Å². The van der Waals surface area contributed by atoms with Gasteiger partial charge in [0.15, 0.2) is 0 Å². The second-order valence-electron chi connectivity index (χ2n) is 3.31. The third-order valence-corrected chi connectivity index (χ3v) is 3.44. The number of halogens is 4. The van der Waals surface area contributed by atoms with Crippen molar-refractivity contribution in [2.75, 3.05) is 7.11 Å². The van der Waals surface area contributed by atoms with E-state index in [0.717, 1.165) is 24.5 Å². The number of alkyl halides is 3. The second kappa shape index (κ2) is 4.40. The number of hydrogen-bond acceptors (Lipinski definition) is 4. The molecule has 2 aromatic heterocycles. The van der Waals surface area contributed by atoms with Gasteiger partial charge in [-0.25, -0.2) is 9.78 Å². The molecule has 0 unspecified atom stereocenters. The summed E-state index contributed by atoms with van der Waals surface area (Å²) < 4.78 is 42.2. The number of hydrogen-bond donors (Lipinski definition) is 0. The first kappa shape index (κ1) is 13.1. The Balaban J connectivity index is 2.72. The number of rotatable bonds is 1. The van der Waals surface area contributed by atoms with Crippen molar-refractivity contribution in [3.8, 4) is 0 Å². The average Bonchev–Trinajstić information content (AvgIpc) is 2.71. The molecule has 2 heterocycles. The maximum Gasteiger partial charge on any atom is 0.433 e. The van der Waals surface area contributed by atoms with E-state index in [9.17, 15) is 18.0 Å². The van der Waals surface area contributed by atoms with E-state index in [1.165, 1.54) is 5.38 Å². The maximum absolute atomic E-state index is 12.6. The van der Waals surface area contributed by atoms with Crippen molar-refractivity contribution >= 4 is 39.8 Å². The molecule has 0 bridgehead atoms. The average molecular weight is 296 g/mol. The number of aromatic nitrogens is 1. The summed E-state index contributed by atoms with van der Waals surface area (Å²) in [6, 6.07) is 0.734. The molecule has 0 saturated heterocycles. The van der Waals surface area contributed by atoms with Crippen molar-refractivity contribution in [3.05, 3.63) is 27.0 Å². The lowest BCUT2D eigenvalue weighted by Gasteiger charge is -2.07. The fourth-order valence-electron chi connectivity index (χ4n) is 1.37. The van der Waals surface area contributed by atoms with Crippen LogP contribution >= 0.6 is 22.9 Å². The third-order valence-electron chi connectivity index (χ3n) is 2.18. The molecule has 0 N–H and O–H groups in total. The van der Waals surface area contributed by atoms with Crippen LogP contribution in [-0.4, -0.2) is 18.1 Å². The van der Waals surface area contributed by atoms with E-state index in [1.54, 1.807) is 0 Å². The van der Waals surface area contributed by atoms with Crippen LogP contribution in [0, 0.1) is 0 Å². The van der Waals surface area contributed by atoms with Crippen molar-refractivity contribution in [1.29, 1.82) is 0 Å². The van der Waals surface area contributed by atoms with Crippen molar-refractivity contribution in [2.24, 2.45) is 0 Å². The number of carbonyl (C=O) groups excluding carboxylic acids is 1. The first-order valence-corrected chi connectivity index (χ1v) is 5.83. The molecular formula is C10H5ClF3NO2S. The van der Waals surface area contributed by atoms with Crippen LogP contribution in [0.3, 0.4) is 0 Å². The minimum Gasteiger partial charge on any atom is -0.465 e. The highest BCUT2D eigenvalue weighted by atomic mass is 35.5. The summed E-state index contributed by atoms with van der Waals surface area (Å²) in [4.78, 5) is 14.8. The lowest BCUT2D eigenvalue weighted by Crippen LogP contribution is -2.08. The van der Waals surface area contributed by atoms with E-state index in [0.29, 0.717) is 5.39 Å². The molecule has 96 valence electrons. The molecule has 0 aliphatic heterocycles. The van der Waals surface area contributed by atoms with Gasteiger partial charge in [0.25, 0.3) is 0 Å². The molecule has 0 radical (unpaired) electrons. The standard InChI is InChI=1S/C10H5ClF3NO2S/c1-17-9(16)8-7-4(3-18-8)5(11)2-6(15-7)10(12,13)14/h2-3H,1H3. The highest BCUT2D eigenvalue weighted by Crippen LogP contribution is 2.36. The number of pyridine rings is 1. The highest BCUT2D eigenvalue weighted by molar-refractivity contribution is 7.13. The van der Waals surface area contributed by atoms with Gasteiger partial charge in [-0.1, -0.05) is 11.6 Å². The molecule has 8 heteroatoms. The van der Waals surface area contributed by atoms with E-state index < -0.39 is 17.8 Å². The van der Waals surface area contributed by atoms with Crippen molar-refractivity contribution in [1.82, 2.24) is 4.98 Å². The summed E-state index contributed by atoms with van der Waals surface area (Å²) in [7, 11) is 1.14. The van der Waals surface area contributed by atoms with Gasteiger partial charge >= 0.3 is 12.1 Å².